The zero-order chi connectivity index (χ0) is 18.8. The van der Waals surface area contributed by atoms with E-state index in [9.17, 15) is 14.4 Å². The van der Waals surface area contributed by atoms with Crippen LogP contribution in [-0.4, -0.2) is 34.2 Å². The van der Waals surface area contributed by atoms with Gasteiger partial charge >= 0.3 is 0 Å². The van der Waals surface area contributed by atoms with Crippen molar-refractivity contribution in [1.29, 1.82) is 0 Å². The summed E-state index contributed by atoms with van der Waals surface area (Å²) in [4.78, 5) is 40.7. The lowest BCUT2D eigenvalue weighted by Crippen LogP contribution is -2.32. The van der Waals surface area contributed by atoms with Crippen LogP contribution in [0.5, 0.6) is 0 Å². The number of nitrogens with one attached hydrogen (secondary N) is 1. The minimum atomic E-state index is -0.221. The zero-order valence-electron chi connectivity index (χ0n) is 14.5. The second kappa shape index (κ2) is 7.28. The van der Waals surface area contributed by atoms with Crippen LogP contribution in [0.1, 0.15) is 19.3 Å². The molecule has 2 heterocycles. The summed E-state index contributed by atoms with van der Waals surface area (Å²) in [5.74, 6) is -0.619. The van der Waals surface area contributed by atoms with Gasteiger partial charge in [0.15, 0.2) is 0 Å². The molecule has 136 valence electrons. The fourth-order valence-electron chi connectivity index (χ4n) is 3.09. The van der Waals surface area contributed by atoms with Gasteiger partial charge in [0, 0.05) is 31.5 Å². The van der Waals surface area contributed by atoms with Gasteiger partial charge in [-0.25, -0.2) is 4.98 Å². The molecule has 3 amide bonds. The Hall–Kier alpha value is -3.06. The highest BCUT2D eigenvalue weighted by atomic mass is 32.1. The maximum atomic E-state index is 12.1. The number of benzene rings is 2. The van der Waals surface area contributed by atoms with E-state index in [1.807, 2.05) is 41.9 Å². The molecule has 1 saturated heterocycles. The third-order valence-corrected chi connectivity index (χ3v) is 5.34. The number of likely N-dealkylation sites (tertiary alicyclic amines) is 1. The molecule has 0 unspecified atom stereocenters. The molecule has 0 saturated carbocycles. The van der Waals surface area contributed by atoms with Gasteiger partial charge < -0.3 is 5.32 Å². The lowest BCUT2D eigenvalue weighted by molar-refractivity contribution is -0.138. The first-order chi connectivity index (χ1) is 13.1. The minimum Gasteiger partial charge on any atom is -0.326 e. The Morgan fingerprint density at radius 2 is 1.74 bits per heavy atom. The Labute approximate surface area is 159 Å². The van der Waals surface area contributed by atoms with Crippen molar-refractivity contribution in [3.63, 3.8) is 0 Å². The first kappa shape index (κ1) is 17.4. The number of carbonyl (C=O) groups excluding carboxylic acids is 3. The van der Waals surface area contributed by atoms with Crippen LogP contribution in [0.4, 0.5) is 5.69 Å². The number of amides is 3. The summed E-state index contributed by atoms with van der Waals surface area (Å²) in [7, 11) is 0. The van der Waals surface area contributed by atoms with Gasteiger partial charge in [-0.3, -0.25) is 19.3 Å². The monoisotopic (exact) mass is 379 g/mol. The standard InChI is InChI=1S/C20H17N3O3S/c24-18(9-10-23-19(25)7-8-20(23)26)22-15-4-1-13(2-5-15)14-3-6-16-17(11-14)27-12-21-16/h1-6,11-12H,7-10H2,(H,22,24). The number of carbonyl (C=O) groups is 3. The summed E-state index contributed by atoms with van der Waals surface area (Å²) in [6.45, 7) is 0.135. The van der Waals surface area contributed by atoms with E-state index in [1.54, 1.807) is 11.3 Å². The third-order valence-electron chi connectivity index (χ3n) is 4.55. The van der Waals surface area contributed by atoms with Crippen molar-refractivity contribution in [2.24, 2.45) is 0 Å². The largest absolute Gasteiger partial charge is 0.326 e. The van der Waals surface area contributed by atoms with Crippen molar-refractivity contribution in [2.45, 2.75) is 19.3 Å². The Bertz CT molecular complexity index is 1010. The van der Waals surface area contributed by atoms with Crippen molar-refractivity contribution in [2.75, 3.05) is 11.9 Å². The van der Waals surface area contributed by atoms with Gasteiger partial charge in [0.1, 0.15) is 0 Å². The Balaban J connectivity index is 1.38. The number of anilines is 1. The van der Waals surface area contributed by atoms with E-state index in [1.165, 1.54) is 0 Å². The lowest BCUT2D eigenvalue weighted by atomic mass is 10.1. The summed E-state index contributed by atoms with van der Waals surface area (Å²) in [6, 6.07) is 13.7. The first-order valence-corrected chi connectivity index (χ1v) is 9.55. The number of aromatic nitrogens is 1. The van der Waals surface area contributed by atoms with E-state index in [0.717, 1.165) is 26.2 Å². The lowest BCUT2D eigenvalue weighted by Gasteiger charge is -2.13. The van der Waals surface area contributed by atoms with Gasteiger partial charge in [-0.15, -0.1) is 11.3 Å². The second-order valence-corrected chi connectivity index (χ2v) is 7.24. The SMILES string of the molecule is O=C(CCN1C(=O)CCC1=O)Nc1ccc(-c2ccc3ncsc3c2)cc1. The average molecular weight is 379 g/mol. The molecular weight excluding hydrogens is 362 g/mol. The van der Waals surface area contributed by atoms with Crippen LogP contribution in [-0.2, 0) is 14.4 Å². The molecule has 1 aliphatic rings. The molecule has 6 nitrogen and oxygen atoms in total. The molecule has 0 spiro atoms. The fourth-order valence-corrected chi connectivity index (χ4v) is 3.81. The Kier molecular flexibility index (Phi) is 4.68. The summed E-state index contributed by atoms with van der Waals surface area (Å²) in [5, 5.41) is 2.80. The number of thiazole rings is 1. The highest BCUT2D eigenvalue weighted by Gasteiger charge is 2.28. The summed E-state index contributed by atoms with van der Waals surface area (Å²) in [5.41, 5.74) is 5.65. The summed E-state index contributed by atoms with van der Waals surface area (Å²) >= 11 is 1.60. The predicted octanol–water partition coefficient (Wildman–Crippen LogP) is 3.44. The molecular formula is C20H17N3O3S. The number of fused-ring (bicyclic) bond motifs is 1. The van der Waals surface area contributed by atoms with Crippen LogP contribution in [0.2, 0.25) is 0 Å². The highest BCUT2D eigenvalue weighted by Crippen LogP contribution is 2.27. The van der Waals surface area contributed by atoms with Gasteiger partial charge in [-0.2, -0.15) is 0 Å². The van der Waals surface area contributed by atoms with E-state index in [-0.39, 0.29) is 43.5 Å². The number of hydrogen-bond acceptors (Lipinski definition) is 5. The van der Waals surface area contributed by atoms with Crippen molar-refractivity contribution >= 4 is 45.0 Å². The minimum absolute atomic E-state index is 0.0985. The maximum Gasteiger partial charge on any atom is 0.229 e. The molecule has 0 radical (unpaired) electrons. The van der Waals surface area contributed by atoms with Crippen molar-refractivity contribution in [1.82, 2.24) is 9.88 Å². The van der Waals surface area contributed by atoms with Crippen molar-refractivity contribution < 1.29 is 14.4 Å². The van der Waals surface area contributed by atoms with Gasteiger partial charge in [0.05, 0.1) is 15.7 Å². The van der Waals surface area contributed by atoms with Crippen LogP contribution in [0.15, 0.2) is 48.0 Å². The normalized spacial score (nSPS) is 14.1. The number of imide groups is 1. The molecule has 1 fully saturated rings. The van der Waals surface area contributed by atoms with Crippen LogP contribution >= 0.6 is 11.3 Å². The van der Waals surface area contributed by atoms with Crippen LogP contribution < -0.4 is 5.32 Å². The van der Waals surface area contributed by atoms with Gasteiger partial charge in [-0.05, 0) is 35.4 Å². The molecule has 4 rings (SSSR count). The molecule has 0 atom stereocenters. The molecule has 7 heteroatoms. The number of rotatable bonds is 5. The second-order valence-electron chi connectivity index (χ2n) is 6.35. The summed E-state index contributed by atoms with van der Waals surface area (Å²) in [6.07, 6.45) is 0.589. The van der Waals surface area contributed by atoms with Gasteiger partial charge in [0.25, 0.3) is 0 Å². The predicted molar refractivity (Wildman–Crippen MR) is 104 cm³/mol. The molecule has 1 aromatic heterocycles. The van der Waals surface area contributed by atoms with E-state index in [2.05, 4.69) is 16.4 Å². The van der Waals surface area contributed by atoms with Gasteiger partial charge in [-0.1, -0.05) is 18.2 Å². The molecule has 1 aliphatic heterocycles. The molecule has 2 aromatic carbocycles. The quantitative estimate of drug-likeness (QED) is 0.689. The third kappa shape index (κ3) is 3.73. The van der Waals surface area contributed by atoms with Crippen LogP contribution in [0.3, 0.4) is 0 Å². The number of nitrogens with zero attached hydrogens (tertiary/aromatic N) is 2. The highest BCUT2D eigenvalue weighted by molar-refractivity contribution is 7.16. The average Bonchev–Trinajstić information content (AvgIpc) is 3.26. The molecule has 1 N–H and O–H groups in total. The topological polar surface area (TPSA) is 79.4 Å². The van der Waals surface area contributed by atoms with E-state index in [0.29, 0.717) is 5.69 Å². The van der Waals surface area contributed by atoms with Crippen molar-refractivity contribution in [3.8, 4) is 11.1 Å². The van der Waals surface area contributed by atoms with Gasteiger partial charge in [0.2, 0.25) is 17.7 Å². The number of hydrogen-bond donors (Lipinski definition) is 1. The van der Waals surface area contributed by atoms with Crippen LogP contribution in [0.25, 0.3) is 21.3 Å². The summed E-state index contributed by atoms with van der Waals surface area (Å²) < 4.78 is 1.14. The van der Waals surface area contributed by atoms with E-state index >= 15 is 0 Å². The zero-order valence-corrected chi connectivity index (χ0v) is 15.3. The molecule has 0 bridgehead atoms. The molecule has 27 heavy (non-hydrogen) atoms. The van der Waals surface area contributed by atoms with E-state index in [4.69, 9.17) is 0 Å². The van der Waals surface area contributed by atoms with E-state index < -0.39 is 0 Å². The maximum absolute atomic E-state index is 12.1. The fraction of sp³-hybridized carbons (Fsp3) is 0.200. The first-order valence-electron chi connectivity index (χ1n) is 8.67. The Morgan fingerprint density at radius 3 is 2.48 bits per heavy atom. The molecule has 0 aliphatic carbocycles. The smallest absolute Gasteiger partial charge is 0.229 e. The van der Waals surface area contributed by atoms with Crippen LogP contribution in [0, 0.1) is 0 Å². The Morgan fingerprint density at radius 1 is 1.04 bits per heavy atom. The van der Waals surface area contributed by atoms with Crippen molar-refractivity contribution in [3.05, 3.63) is 48.0 Å². The molecule has 3 aromatic rings.